The smallest absolute Gasteiger partial charge is 0.311 e. The van der Waals surface area contributed by atoms with Gasteiger partial charge in [0.15, 0.2) is 0 Å². The van der Waals surface area contributed by atoms with Gasteiger partial charge in [-0.1, -0.05) is 18.0 Å². The SMILES string of the molecule is COCc1cc(Cl)cc(S(=O)(=O)N2C[C@@H]3CCC[C@@]3(C(=O)O)C2)c1. The lowest BCUT2D eigenvalue weighted by atomic mass is 9.81. The first-order chi connectivity index (χ1) is 11.3. The third-order valence-corrected chi connectivity index (χ3v) is 7.15. The molecule has 0 aromatic heterocycles. The fraction of sp³-hybridized carbons (Fsp3) is 0.562. The molecule has 132 valence electrons. The molecule has 1 heterocycles. The molecular formula is C16H20ClNO5S. The van der Waals surface area contributed by atoms with Gasteiger partial charge in [0.1, 0.15) is 0 Å². The summed E-state index contributed by atoms with van der Waals surface area (Å²) in [4.78, 5) is 11.8. The van der Waals surface area contributed by atoms with Crippen molar-refractivity contribution in [2.45, 2.75) is 30.8 Å². The lowest BCUT2D eigenvalue weighted by molar-refractivity contribution is -0.149. The van der Waals surface area contributed by atoms with Crippen molar-refractivity contribution < 1.29 is 23.1 Å². The second-order valence-corrected chi connectivity index (χ2v) is 8.95. The quantitative estimate of drug-likeness (QED) is 0.856. The first-order valence-electron chi connectivity index (χ1n) is 7.81. The highest BCUT2D eigenvalue weighted by atomic mass is 35.5. The Balaban J connectivity index is 1.94. The van der Waals surface area contributed by atoms with Gasteiger partial charge in [0, 0.05) is 25.2 Å². The van der Waals surface area contributed by atoms with E-state index in [1.165, 1.54) is 23.5 Å². The molecular weight excluding hydrogens is 354 g/mol. The Hall–Kier alpha value is -1.15. The summed E-state index contributed by atoms with van der Waals surface area (Å²) in [7, 11) is -2.26. The van der Waals surface area contributed by atoms with Crippen LogP contribution in [0.1, 0.15) is 24.8 Å². The summed E-state index contributed by atoms with van der Waals surface area (Å²) in [5.74, 6) is -1.02. The number of hydrogen-bond acceptors (Lipinski definition) is 4. The van der Waals surface area contributed by atoms with Gasteiger partial charge in [-0.2, -0.15) is 4.31 Å². The van der Waals surface area contributed by atoms with Gasteiger partial charge in [-0.3, -0.25) is 4.79 Å². The predicted octanol–water partition coefficient (Wildman–Crippen LogP) is 2.36. The predicted molar refractivity (Wildman–Crippen MR) is 88.3 cm³/mol. The average molecular weight is 374 g/mol. The number of benzene rings is 1. The van der Waals surface area contributed by atoms with E-state index >= 15 is 0 Å². The molecule has 1 aromatic rings. The maximum absolute atomic E-state index is 13.0. The Morgan fingerprint density at radius 1 is 1.46 bits per heavy atom. The highest BCUT2D eigenvalue weighted by Gasteiger charge is 2.57. The number of rotatable bonds is 5. The lowest BCUT2D eigenvalue weighted by Gasteiger charge is -2.23. The molecule has 0 unspecified atom stereocenters. The second-order valence-electron chi connectivity index (χ2n) is 6.58. The Bertz CT molecular complexity index is 766. The second kappa shape index (κ2) is 6.29. The van der Waals surface area contributed by atoms with E-state index in [-0.39, 0.29) is 30.5 Å². The number of carboxylic acid groups (broad SMARTS) is 1. The van der Waals surface area contributed by atoms with Crippen LogP contribution in [0.4, 0.5) is 0 Å². The normalized spacial score (nSPS) is 27.3. The topological polar surface area (TPSA) is 83.9 Å². The van der Waals surface area contributed by atoms with E-state index in [1.807, 2.05) is 0 Å². The summed E-state index contributed by atoms with van der Waals surface area (Å²) >= 11 is 6.04. The maximum atomic E-state index is 13.0. The summed E-state index contributed by atoms with van der Waals surface area (Å²) in [6.45, 7) is 0.535. The number of aliphatic carboxylic acids is 1. The van der Waals surface area contributed by atoms with Crippen LogP contribution >= 0.6 is 11.6 Å². The van der Waals surface area contributed by atoms with E-state index in [0.29, 0.717) is 17.0 Å². The van der Waals surface area contributed by atoms with Gasteiger partial charge in [0.25, 0.3) is 0 Å². The fourth-order valence-electron chi connectivity index (χ4n) is 3.94. The Morgan fingerprint density at radius 3 is 2.83 bits per heavy atom. The molecule has 1 aromatic carbocycles. The van der Waals surface area contributed by atoms with E-state index in [0.717, 1.165) is 12.8 Å². The number of methoxy groups -OCH3 is 1. The van der Waals surface area contributed by atoms with Gasteiger partial charge < -0.3 is 9.84 Å². The van der Waals surface area contributed by atoms with Crippen molar-refractivity contribution in [1.82, 2.24) is 4.31 Å². The van der Waals surface area contributed by atoms with Crippen LogP contribution in [0.2, 0.25) is 5.02 Å². The molecule has 1 saturated carbocycles. The van der Waals surface area contributed by atoms with Crippen LogP contribution in [0.3, 0.4) is 0 Å². The van der Waals surface area contributed by atoms with Gasteiger partial charge in [0.05, 0.1) is 16.9 Å². The van der Waals surface area contributed by atoms with Crippen LogP contribution in [-0.2, 0) is 26.2 Å². The molecule has 0 radical (unpaired) electrons. The third kappa shape index (κ3) is 2.83. The minimum absolute atomic E-state index is 0.0292. The zero-order chi connectivity index (χ0) is 17.5. The number of fused-ring (bicyclic) bond motifs is 1. The highest BCUT2D eigenvalue weighted by molar-refractivity contribution is 7.89. The van der Waals surface area contributed by atoms with Crippen molar-refractivity contribution in [3.8, 4) is 0 Å². The van der Waals surface area contributed by atoms with Gasteiger partial charge in [-0.05, 0) is 42.5 Å². The summed E-state index contributed by atoms with van der Waals surface area (Å²) in [6.07, 6.45) is 2.12. The fourth-order valence-corrected chi connectivity index (χ4v) is 5.92. The molecule has 1 saturated heterocycles. The Morgan fingerprint density at radius 2 is 2.21 bits per heavy atom. The number of carbonyl (C=O) groups is 1. The van der Waals surface area contributed by atoms with Crippen LogP contribution in [0.15, 0.2) is 23.1 Å². The minimum Gasteiger partial charge on any atom is -0.481 e. The molecule has 1 N–H and O–H groups in total. The van der Waals surface area contributed by atoms with Crippen LogP contribution in [0, 0.1) is 11.3 Å². The molecule has 6 nitrogen and oxygen atoms in total. The zero-order valence-electron chi connectivity index (χ0n) is 13.4. The molecule has 0 spiro atoms. The Labute approximate surface area is 146 Å². The summed E-state index contributed by atoms with van der Waals surface area (Å²) in [6, 6.07) is 4.59. The van der Waals surface area contributed by atoms with E-state index in [1.54, 1.807) is 6.07 Å². The minimum atomic E-state index is -3.79. The molecule has 8 heteroatoms. The molecule has 0 bridgehead atoms. The van der Waals surface area contributed by atoms with E-state index < -0.39 is 21.4 Å². The van der Waals surface area contributed by atoms with Crippen molar-refractivity contribution >= 4 is 27.6 Å². The van der Waals surface area contributed by atoms with E-state index in [9.17, 15) is 18.3 Å². The lowest BCUT2D eigenvalue weighted by Crippen LogP contribution is -2.37. The van der Waals surface area contributed by atoms with Crippen LogP contribution < -0.4 is 0 Å². The van der Waals surface area contributed by atoms with Crippen molar-refractivity contribution in [2.24, 2.45) is 11.3 Å². The van der Waals surface area contributed by atoms with Gasteiger partial charge in [-0.15, -0.1) is 0 Å². The molecule has 1 aliphatic carbocycles. The first-order valence-corrected chi connectivity index (χ1v) is 9.63. The maximum Gasteiger partial charge on any atom is 0.311 e. The number of halogens is 1. The molecule has 2 fully saturated rings. The number of hydrogen-bond donors (Lipinski definition) is 1. The van der Waals surface area contributed by atoms with Gasteiger partial charge in [-0.25, -0.2) is 8.42 Å². The largest absolute Gasteiger partial charge is 0.481 e. The first kappa shape index (κ1) is 17.7. The highest BCUT2D eigenvalue weighted by Crippen LogP contribution is 2.50. The van der Waals surface area contributed by atoms with Crippen LogP contribution in [0.5, 0.6) is 0 Å². The van der Waals surface area contributed by atoms with Gasteiger partial charge >= 0.3 is 5.97 Å². The monoisotopic (exact) mass is 373 g/mol. The van der Waals surface area contributed by atoms with E-state index in [4.69, 9.17) is 16.3 Å². The van der Waals surface area contributed by atoms with Crippen molar-refractivity contribution in [2.75, 3.05) is 20.2 Å². The number of ether oxygens (including phenoxy) is 1. The number of carboxylic acids is 1. The van der Waals surface area contributed by atoms with E-state index in [2.05, 4.69) is 0 Å². The summed E-state index contributed by atoms with van der Waals surface area (Å²) in [5, 5.41) is 9.94. The van der Waals surface area contributed by atoms with Crippen LogP contribution in [0.25, 0.3) is 0 Å². The molecule has 1 aliphatic heterocycles. The van der Waals surface area contributed by atoms with Gasteiger partial charge in [0.2, 0.25) is 10.0 Å². The molecule has 3 rings (SSSR count). The summed E-state index contributed by atoms with van der Waals surface area (Å²) in [5.41, 5.74) is -0.281. The van der Waals surface area contributed by atoms with Crippen molar-refractivity contribution in [3.05, 3.63) is 28.8 Å². The molecule has 2 atom stereocenters. The number of sulfonamides is 1. The Kier molecular flexibility index (Phi) is 4.63. The van der Waals surface area contributed by atoms with Crippen molar-refractivity contribution in [1.29, 1.82) is 0 Å². The zero-order valence-corrected chi connectivity index (χ0v) is 14.9. The summed E-state index contributed by atoms with van der Waals surface area (Å²) < 4.78 is 32.3. The van der Waals surface area contributed by atoms with Crippen LogP contribution in [-0.4, -0.2) is 44.0 Å². The average Bonchev–Trinajstić information content (AvgIpc) is 3.05. The molecule has 24 heavy (non-hydrogen) atoms. The van der Waals surface area contributed by atoms with Crippen molar-refractivity contribution in [3.63, 3.8) is 0 Å². The molecule has 0 amide bonds. The molecule has 2 aliphatic rings. The standard InChI is InChI=1S/C16H20ClNO5S/c1-23-9-11-5-13(17)7-14(6-11)24(21,22)18-8-12-3-2-4-16(12,10-18)15(19)20/h5-7,12H,2-4,8-10H2,1H3,(H,19,20)/t12-,16+/m0/s1. The number of nitrogens with zero attached hydrogens (tertiary/aromatic N) is 1. The third-order valence-electron chi connectivity index (χ3n) is 5.15.